The van der Waals surface area contributed by atoms with Crippen LogP contribution in [0.1, 0.15) is 52.3 Å². The number of pyridine rings is 1. The minimum absolute atomic E-state index is 0.114. The Morgan fingerprint density at radius 3 is 2.45 bits per heavy atom. The Balaban J connectivity index is 1.71. The Hall–Kier alpha value is -3.73. The number of rotatable bonds is 3. The molecule has 0 radical (unpaired) electrons. The van der Waals surface area contributed by atoms with E-state index in [4.69, 9.17) is 0 Å². The van der Waals surface area contributed by atoms with Crippen LogP contribution in [-0.2, 0) is 22.4 Å². The lowest BCUT2D eigenvalue weighted by Crippen LogP contribution is -2.30. The highest BCUT2D eigenvalue weighted by Crippen LogP contribution is 2.43. The monoisotopic (exact) mass is 438 g/mol. The first-order valence-corrected chi connectivity index (χ1v) is 11.4. The Kier molecular flexibility index (Phi) is 5.33. The molecule has 1 saturated heterocycles. The molecule has 5 rings (SSSR count). The first kappa shape index (κ1) is 21.1. The zero-order chi connectivity index (χ0) is 23.1. The van der Waals surface area contributed by atoms with Crippen molar-refractivity contribution in [3.63, 3.8) is 0 Å². The van der Waals surface area contributed by atoms with Crippen molar-refractivity contribution in [2.24, 2.45) is 0 Å². The van der Waals surface area contributed by atoms with Crippen LogP contribution < -0.4 is 4.90 Å². The molecule has 33 heavy (non-hydrogen) atoms. The van der Waals surface area contributed by atoms with Gasteiger partial charge in [-0.25, -0.2) is 0 Å². The minimum Gasteiger partial charge on any atom is -0.507 e. The molecular formula is C28H26N2O3. The highest BCUT2D eigenvalue weighted by molar-refractivity contribution is 6.51. The van der Waals surface area contributed by atoms with E-state index in [1.165, 1.54) is 22.4 Å². The Morgan fingerprint density at radius 2 is 1.70 bits per heavy atom. The van der Waals surface area contributed by atoms with E-state index >= 15 is 0 Å². The van der Waals surface area contributed by atoms with Crippen molar-refractivity contribution in [3.05, 3.63) is 99.9 Å². The van der Waals surface area contributed by atoms with Crippen LogP contribution in [-0.4, -0.2) is 21.8 Å². The number of Topliss-reactive ketones (excluding diaryl/α,β-unsaturated/α-hetero) is 1. The average Bonchev–Trinajstić information content (AvgIpc) is 3.11. The predicted octanol–water partition coefficient (Wildman–Crippen LogP) is 5.20. The number of carbonyl (C=O) groups is 2. The number of hydrogen-bond donors (Lipinski definition) is 1. The summed E-state index contributed by atoms with van der Waals surface area (Å²) in [5.74, 6) is -1.44. The molecule has 1 amide bonds. The van der Waals surface area contributed by atoms with E-state index in [0.29, 0.717) is 11.3 Å². The number of benzene rings is 2. The zero-order valence-electron chi connectivity index (χ0n) is 18.8. The van der Waals surface area contributed by atoms with Crippen LogP contribution in [0.25, 0.3) is 5.76 Å². The number of amides is 1. The second-order valence-electron chi connectivity index (χ2n) is 8.86. The van der Waals surface area contributed by atoms with Gasteiger partial charge in [-0.2, -0.15) is 0 Å². The fourth-order valence-corrected chi connectivity index (χ4v) is 4.97. The molecule has 5 heteroatoms. The van der Waals surface area contributed by atoms with Crippen LogP contribution in [0.2, 0.25) is 0 Å². The molecule has 1 aromatic heterocycles. The summed E-state index contributed by atoms with van der Waals surface area (Å²) >= 11 is 0. The van der Waals surface area contributed by atoms with Gasteiger partial charge in [0, 0.05) is 23.6 Å². The van der Waals surface area contributed by atoms with Crippen LogP contribution in [0.3, 0.4) is 0 Å². The van der Waals surface area contributed by atoms with E-state index in [2.05, 4.69) is 4.98 Å². The number of aliphatic hydroxyl groups is 1. The second kappa shape index (κ2) is 8.32. The van der Waals surface area contributed by atoms with Gasteiger partial charge in [0.15, 0.2) is 0 Å². The first-order valence-electron chi connectivity index (χ1n) is 11.4. The summed E-state index contributed by atoms with van der Waals surface area (Å²) in [7, 11) is 0. The molecule has 2 aromatic carbocycles. The molecule has 1 atom stereocenters. The van der Waals surface area contributed by atoms with Gasteiger partial charge in [-0.1, -0.05) is 24.3 Å². The van der Waals surface area contributed by atoms with Crippen molar-refractivity contribution < 1.29 is 14.7 Å². The van der Waals surface area contributed by atoms with Gasteiger partial charge in [-0.3, -0.25) is 19.5 Å². The number of hydrogen-bond acceptors (Lipinski definition) is 4. The molecule has 0 saturated carbocycles. The summed E-state index contributed by atoms with van der Waals surface area (Å²) in [6, 6.07) is 14.4. The number of ketones is 1. The minimum atomic E-state index is -0.732. The molecule has 3 aromatic rings. The SMILES string of the molecule is Cc1cccc(N2C(=O)C(=O)/C(=C(\O)c3ccc4c(c3)CCCC4)C2c2ccncc2)c1C. The molecule has 1 aliphatic carbocycles. The first-order chi connectivity index (χ1) is 16.0. The fourth-order valence-electron chi connectivity index (χ4n) is 4.97. The lowest BCUT2D eigenvalue weighted by molar-refractivity contribution is -0.132. The number of aliphatic hydroxyl groups excluding tert-OH is 1. The third-order valence-corrected chi connectivity index (χ3v) is 6.92. The molecule has 1 aliphatic heterocycles. The van der Waals surface area contributed by atoms with Gasteiger partial charge in [-0.15, -0.1) is 0 Å². The van der Waals surface area contributed by atoms with E-state index in [1.54, 1.807) is 24.5 Å². The molecule has 166 valence electrons. The molecular weight excluding hydrogens is 412 g/mol. The summed E-state index contributed by atoms with van der Waals surface area (Å²) < 4.78 is 0. The number of aromatic nitrogens is 1. The maximum atomic E-state index is 13.3. The maximum absolute atomic E-state index is 13.3. The molecule has 0 bridgehead atoms. The standard InChI is InChI=1S/C28H26N2O3/c1-17-6-5-9-23(18(17)2)30-25(20-12-14-29-15-13-20)24(27(32)28(30)33)26(31)22-11-10-19-7-3-4-8-21(19)16-22/h5-6,9-16,25,31H,3-4,7-8H2,1-2H3/b26-24-. The molecule has 5 nitrogen and oxygen atoms in total. The summed E-state index contributed by atoms with van der Waals surface area (Å²) in [5.41, 5.74) is 6.53. The lowest BCUT2D eigenvalue weighted by atomic mass is 9.89. The van der Waals surface area contributed by atoms with Crippen molar-refractivity contribution in [2.45, 2.75) is 45.6 Å². The lowest BCUT2D eigenvalue weighted by Gasteiger charge is -2.27. The summed E-state index contributed by atoms with van der Waals surface area (Å²) in [4.78, 5) is 32.3. The smallest absolute Gasteiger partial charge is 0.300 e. The normalized spacial score (nSPS) is 19.6. The number of fused-ring (bicyclic) bond motifs is 1. The summed E-state index contributed by atoms with van der Waals surface area (Å²) in [6.07, 6.45) is 7.55. The Bertz CT molecular complexity index is 1290. The van der Waals surface area contributed by atoms with E-state index in [-0.39, 0.29) is 11.3 Å². The van der Waals surface area contributed by atoms with Crippen LogP contribution in [0, 0.1) is 13.8 Å². The van der Waals surface area contributed by atoms with Crippen molar-refractivity contribution >= 4 is 23.1 Å². The largest absolute Gasteiger partial charge is 0.507 e. The van der Waals surface area contributed by atoms with E-state index < -0.39 is 17.7 Å². The molecule has 1 N–H and O–H groups in total. The Morgan fingerprint density at radius 1 is 0.970 bits per heavy atom. The third-order valence-electron chi connectivity index (χ3n) is 6.92. The van der Waals surface area contributed by atoms with Crippen molar-refractivity contribution in [1.82, 2.24) is 4.98 Å². The van der Waals surface area contributed by atoms with Crippen LogP contribution in [0.4, 0.5) is 5.69 Å². The van der Waals surface area contributed by atoms with Crippen LogP contribution in [0.15, 0.2) is 66.5 Å². The number of aryl methyl sites for hydroxylation is 3. The molecule has 0 spiro atoms. The zero-order valence-corrected chi connectivity index (χ0v) is 18.8. The van der Waals surface area contributed by atoms with Gasteiger partial charge in [0.1, 0.15) is 5.76 Å². The molecule has 2 aliphatic rings. The summed E-state index contributed by atoms with van der Waals surface area (Å²) in [6.45, 7) is 3.92. The van der Waals surface area contributed by atoms with Crippen molar-refractivity contribution in [3.8, 4) is 0 Å². The number of carbonyl (C=O) groups excluding carboxylic acids is 2. The van der Waals surface area contributed by atoms with Gasteiger partial charge in [0.2, 0.25) is 0 Å². The van der Waals surface area contributed by atoms with Gasteiger partial charge in [0.05, 0.1) is 11.6 Å². The van der Waals surface area contributed by atoms with Gasteiger partial charge < -0.3 is 5.11 Å². The summed E-state index contributed by atoms with van der Waals surface area (Å²) in [5, 5.41) is 11.4. The highest BCUT2D eigenvalue weighted by atomic mass is 16.3. The Labute approximate surface area is 193 Å². The topological polar surface area (TPSA) is 70.5 Å². The highest BCUT2D eigenvalue weighted by Gasteiger charge is 2.47. The van der Waals surface area contributed by atoms with E-state index in [1.807, 2.05) is 50.2 Å². The van der Waals surface area contributed by atoms with Crippen molar-refractivity contribution in [2.75, 3.05) is 4.90 Å². The van der Waals surface area contributed by atoms with Gasteiger partial charge in [0.25, 0.3) is 11.7 Å². The van der Waals surface area contributed by atoms with Gasteiger partial charge in [-0.05, 0) is 91.6 Å². The fraction of sp³-hybridized carbons (Fsp3) is 0.250. The number of nitrogens with zero attached hydrogens (tertiary/aromatic N) is 2. The van der Waals surface area contributed by atoms with E-state index in [9.17, 15) is 14.7 Å². The molecule has 2 heterocycles. The number of anilines is 1. The van der Waals surface area contributed by atoms with E-state index in [0.717, 1.165) is 36.0 Å². The third kappa shape index (κ3) is 3.54. The second-order valence-corrected chi connectivity index (χ2v) is 8.86. The molecule has 1 fully saturated rings. The van der Waals surface area contributed by atoms with Crippen LogP contribution >= 0.6 is 0 Å². The predicted molar refractivity (Wildman–Crippen MR) is 128 cm³/mol. The van der Waals surface area contributed by atoms with Crippen molar-refractivity contribution in [1.29, 1.82) is 0 Å². The quantitative estimate of drug-likeness (QED) is 0.346. The maximum Gasteiger partial charge on any atom is 0.300 e. The van der Waals surface area contributed by atoms with Crippen LogP contribution in [0.5, 0.6) is 0 Å². The molecule has 1 unspecified atom stereocenters. The van der Waals surface area contributed by atoms with Gasteiger partial charge >= 0.3 is 0 Å². The average molecular weight is 439 g/mol.